The first kappa shape index (κ1) is 20.3. The molecular formula is C17H13BrF3NO3S. The van der Waals surface area contributed by atoms with Gasteiger partial charge in [0.2, 0.25) is 0 Å². The van der Waals surface area contributed by atoms with Crippen LogP contribution in [-0.2, 0) is 14.3 Å². The quantitative estimate of drug-likeness (QED) is 0.401. The van der Waals surface area contributed by atoms with Gasteiger partial charge in [0.15, 0.2) is 23.6 Å². The van der Waals surface area contributed by atoms with Gasteiger partial charge in [-0.05, 0) is 43.3 Å². The highest BCUT2D eigenvalue weighted by Gasteiger charge is 2.21. The van der Waals surface area contributed by atoms with Crippen LogP contribution < -0.4 is 5.32 Å². The molecule has 138 valence electrons. The lowest BCUT2D eigenvalue weighted by atomic mass is 10.2. The second-order valence-electron chi connectivity index (χ2n) is 5.09. The summed E-state index contributed by atoms with van der Waals surface area (Å²) in [5.74, 6) is -6.13. The van der Waals surface area contributed by atoms with Gasteiger partial charge in [0.05, 0.1) is 11.4 Å². The van der Waals surface area contributed by atoms with Crippen LogP contribution in [0.15, 0.2) is 45.8 Å². The molecule has 26 heavy (non-hydrogen) atoms. The maximum atomic E-state index is 13.5. The average Bonchev–Trinajstić information content (AvgIpc) is 2.61. The molecular weight excluding hydrogens is 435 g/mol. The number of halogens is 4. The van der Waals surface area contributed by atoms with E-state index >= 15 is 0 Å². The summed E-state index contributed by atoms with van der Waals surface area (Å²) < 4.78 is 45.4. The van der Waals surface area contributed by atoms with Crippen molar-refractivity contribution in [2.45, 2.75) is 17.9 Å². The van der Waals surface area contributed by atoms with E-state index in [1.807, 2.05) is 24.3 Å². The van der Waals surface area contributed by atoms with Crippen LogP contribution in [0.3, 0.4) is 0 Å². The number of hydrogen-bond donors (Lipinski definition) is 1. The highest BCUT2D eigenvalue weighted by atomic mass is 79.9. The molecule has 0 aromatic heterocycles. The normalized spacial score (nSPS) is 11.7. The van der Waals surface area contributed by atoms with E-state index in [0.29, 0.717) is 6.07 Å². The first-order valence-corrected chi connectivity index (χ1v) is 9.08. The number of carbonyl (C=O) groups is 2. The standard InChI is InChI=1S/C17H13BrF3NO3S/c1-9(17(24)22-13-7-6-12(19)15(20)16(13)21)25-14(23)8-26-11-4-2-10(18)3-5-11/h2-7,9H,8H2,1H3,(H,22,24). The van der Waals surface area contributed by atoms with Crippen LogP contribution in [0.25, 0.3) is 0 Å². The lowest BCUT2D eigenvalue weighted by Gasteiger charge is -2.14. The second-order valence-corrected chi connectivity index (χ2v) is 7.05. The molecule has 0 aliphatic rings. The Morgan fingerprint density at radius 1 is 1.12 bits per heavy atom. The van der Waals surface area contributed by atoms with E-state index in [1.54, 1.807) is 0 Å². The molecule has 0 radical (unpaired) electrons. The van der Waals surface area contributed by atoms with E-state index in [0.717, 1.165) is 15.4 Å². The summed E-state index contributed by atoms with van der Waals surface area (Å²) in [7, 11) is 0. The topological polar surface area (TPSA) is 55.4 Å². The Labute approximate surface area is 160 Å². The van der Waals surface area contributed by atoms with Crippen molar-refractivity contribution in [2.75, 3.05) is 11.1 Å². The van der Waals surface area contributed by atoms with Crippen LogP contribution in [0.1, 0.15) is 6.92 Å². The van der Waals surface area contributed by atoms with E-state index in [-0.39, 0.29) is 5.75 Å². The fourth-order valence-electron chi connectivity index (χ4n) is 1.81. The van der Waals surface area contributed by atoms with Crippen molar-refractivity contribution in [2.24, 2.45) is 0 Å². The Bertz CT molecular complexity index is 818. The summed E-state index contributed by atoms with van der Waals surface area (Å²) in [5, 5.41) is 2.05. The van der Waals surface area contributed by atoms with Gasteiger partial charge in [-0.1, -0.05) is 15.9 Å². The largest absolute Gasteiger partial charge is 0.452 e. The third-order valence-electron chi connectivity index (χ3n) is 3.14. The van der Waals surface area contributed by atoms with Crippen molar-refractivity contribution in [3.05, 3.63) is 58.3 Å². The molecule has 1 amide bonds. The third-order valence-corrected chi connectivity index (χ3v) is 4.66. The Kier molecular flexibility index (Phi) is 7.10. The Morgan fingerprint density at radius 3 is 2.42 bits per heavy atom. The summed E-state index contributed by atoms with van der Waals surface area (Å²) in [6, 6.07) is 8.82. The van der Waals surface area contributed by atoms with Gasteiger partial charge in [-0.25, -0.2) is 13.2 Å². The fourth-order valence-corrected chi connectivity index (χ4v) is 2.76. The smallest absolute Gasteiger partial charge is 0.317 e. The number of carbonyl (C=O) groups excluding carboxylic acids is 2. The summed E-state index contributed by atoms with van der Waals surface area (Å²) in [6.45, 7) is 1.29. The van der Waals surface area contributed by atoms with Gasteiger partial charge in [-0.2, -0.15) is 0 Å². The van der Waals surface area contributed by atoms with Gasteiger partial charge < -0.3 is 10.1 Å². The van der Waals surface area contributed by atoms with Crippen LogP contribution in [0.5, 0.6) is 0 Å². The molecule has 0 bridgehead atoms. The van der Waals surface area contributed by atoms with Crippen LogP contribution in [0.2, 0.25) is 0 Å². The lowest BCUT2D eigenvalue weighted by molar-refractivity contribution is -0.150. The maximum Gasteiger partial charge on any atom is 0.317 e. The molecule has 2 aromatic rings. The van der Waals surface area contributed by atoms with Gasteiger partial charge in [-0.3, -0.25) is 9.59 Å². The molecule has 0 saturated carbocycles. The summed E-state index contributed by atoms with van der Waals surface area (Å²) >= 11 is 4.52. The number of anilines is 1. The number of benzene rings is 2. The lowest BCUT2D eigenvalue weighted by Crippen LogP contribution is -2.31. The molecule has 1 N–H and O–H groups in total. The molecule has 1 atom stereocenters. The third kappa shape index (κ3) is 5.50. The molecule has 1 unspecified atom stereocenters. The molecule has 9 heteroatoms. The maximum absolute atomic E-state index is 13.5. The number of amides is 1. The van der Waals surface area contributed by atoms with Gasteiger partial charge in [0, 0.05) is 9.37 Å². The van der Waals surface area contributed by atoms with Crippen molar-refractivity contribution in [1.82, 2.24) is 0 Å². The monoisotopic (exact) mass is 447 g/mol. The minimum absolute atomic E-state index is 0.0290. The molecule has 0 aliphatic heterocycles. The highest BCUT2D eigenvalue weighted by Crippen LogP contribution is 2.22. The Hall–Kier alpha value is -2.00. The van der Waals surface area contributed by atoms with Crippen LogP contribution in [0, 0.1) is 17.5 Å². The predicted molar refractivity (Wildman–Crippen MR) is 95.4 cm³/mol. The van der Waals surface area contributed by atoms with Crippen molar-refractivity contribution in [3.63, 3.8) is 0 Å². The van der Waals surface area contributed by atoms with Crippen molar-refractivity contribution < 1.29 is 27.5 Å². The van der Waals surface area contributed by atoms with E-state index in [2.05, 4.69) is 21.2 Å². The molecule has 0 spiro atoms. The molecule has 0 aliphatic carbocycles. The van der Waals surface area contributed by atoms with E-state index in [4.69, 9.17) is 4.74 Å². The Morgan fingerprint density at radius 2 is 1.77 bits per heavy atom. The van der Waals surface area contributed by atoms with Gasteiger partial charge in [0.1, 0.15) is 0 Å². The number of rotatable bonds is 6. The number of nitrogens with one attached hydrogen (secondary N) is 1. The van der Waals surface area contributed by atoms with Gasteiger partial charge in [0.25, 0.3) is 5.91 Å². The second kappa shape index (κ2) is 9.09. The zero-order valence-corrected chi connectivity index (χ0v) is 15.8. The number of esters is 1. The van der Waals surface area contributed by atoms with Crippen LogP contribution in [-0.4, -0.2) is 23.7 Å². The summed E-state index contributed by atoms with van der Waals surface area (Å²) in [5.41, 5.74) is -0.541. The fraction of sp³-hybridized carbons (Fsp3) is 0.176. The summed E-state index contributed by atoms with van der Waals surface area (Å²) in [6.07, 6.45) is -1.24. The minimum Gasteiger partial charge on any atom is -0.452 e. The van der Waals surface area contributed by atoms with Crippen molar-refractivity contribution >= 4 is 45.3 Å². The molecule has 2 rings (SSSR count). The van der Waals surface area contributed by atoms with Gasteiger partial charge in [-0.15, -0.1) is 11.8 Å². The molecule has 0 saturated heterocycles. The SMILES string of the molecule is CC(OC(=O)CSc1ccc(Br)cc1)C(=O)Nc1ccc(F)c(F)c1F. The first-order valence-electron chi connectivity index (χ1n) is 7.30. The van der Waals surface area contributed by atoms with Crippen LogP contribution >= 0.6 is 27.7 Å². The van der Waals surface area contributed by atoms with E-state index < -0.39 is 41.1 Å². The zero-order valence-electron chi connectivity index (χ0n) is 13.4. The number of hydrogen-bond acceptors (Lipinski definition) is 4. The molecule has 4 nitrogen and oxygen atoms in total. The Balaban J connectivity index is 1.87. The van der Waals surface area contributed by atoms with Crippen LogP contribution in [0.4, 0.5) is 18.9 Å². The highest BCUT2D eigenvalue weighted by molar-refractivity contribution is 9.10. The average molecular weight is 448 g/mol. The number of ether oxygens (including phenoxy) is 1. The number of thioether (sulfide) groups is 1. The van der Waals surface area contributed by atoms with E-state index in [1.165, 1.54) is 18.7 Å². The summed E-state index contributed by atoms with van der Waals surface area (Å²) in [4.78, 5) is 24.6. The molecule has 0 fully saturated rings. The first-order chi connectivity index (χ1) is 12.3. The van der Waals surface area contributed by atoms with E-state index in [9.17, 15) is 22.8 Å². The minimum atomic E-state index is -1.70. The van der Waals surface area contributed by atoms with Gasteiger partial charge >= 0.3 is 5.97 Å². The van der Waals surface area contributed by atoms with Crippen molar-refractivity contribution in [1.29, 1.82) is 0 Å². The molecule has 2 aromatic carbocycles. The zero-order chi connectivity index (χ0) is 19.3. The van der Waals surface area contributed by atoms with Crippen molar-refractivity contribution in [3.8, 4) is 0 Å². The molecule has 0 heterocycles. The predicted octanol–water partition coefficient (Wildman–Crippen LogP) is 4.53.